The van der Waals surface area contributed by atoms with Crippen molar-refractivity contribution in [2.24, 2.45) is 17.8 Å². The summed E-state index contributed by atoms with van der Waals surface area (Å²) in [5.41, 5.74) is 5.06. The fourth-order valence-corrected chi connectivity index (χ4v) is 6.35. The van der Waals surface area contributed by atoms with Crippen LogP contribution in [0.4, 0.5) is 15.8 Å². The zero-order valence-corrected chi connectivity index (χ0v) is 17.2. The number of anilines is 2. The molecule has 3 aromatic rings. The van der Waals surface area contributed by atoms with Crippen LogP contribution in [0.2, 0.25) is 0 Å². The van der Waals surface area contributed by atoms with Crippen LogP contribution in [0.25, 0.3) is 0 Å². The van der Waals surface area contributed by atoms with Crippen LogP contribution < -0.4 is 10.6 Å². The Balaban J connectivity index is 1.34. The van der Waals surface area contributed by atoms with E-state index in [1.165, 1.54) is 42.5 Å². The Morgan fingerprint density at radius 2 is 1.71 bits per heavy atom. The highest BCUT2D eigenvalue weighted by Gasteiger charge is 2.53. The van der Waals surface area contributed by atoms with E-state index in [2.05, 4.69) is 53.1 Å². The molecule has 6 rings (SSSR count). The van der Waals surface area contributed by atoms with Gasteiger partial charge in [-0.15, -0.1) is 0 Å². The van der Waals surface area contributed by atoms with Crippen LogP contribution in [0.1, 0.15) is 52.7 Å². The normalized spacial score (nSPS) is 27.8. The molecule has 1 amide bonds. The van der Waals surface area contributed by atoms with Crippen molar-refractivity contribution in [1.82, 2.24) is 0 Å². The lowest BCUT2D eigenvalue weighted by Crippen LogP contribution is -2.35. The minimum atomic E-state index is -0.312. The van der Waals surface area contributed by atoms with Gasteiger partial charge in [-0.05, 0) is 96.5 Å². The van der Waals surface area contributed by atoms with Crippen LogP contribution in [0.3, 0.4) is 0 Å². The first kappa shape index (κ1) is 18.6. The second-order valence-corrected chi connectivity index (χ2v) is 9.23. The maximum absolute atomic E-state index is 13.2. The molecule has 0 spiro atoms. The smallest absolute Gasteiger partial charge is 0.255 e. The zero-order chi connectivity index (χ0) is 20.9. The minimum absolute atomic E-state index is 0.153. The first-order chi connectivity index (χ1) is 15.2. The molecule has 3 aromatic carbocycles. The predicted octanol–water partition coefficient (Wildman–Crippen LogP) is 6.37. The Morgan fingerprint density at radius 3 is 2.52 bits per heavy atom. The van der Waals surface area contributed by atoms with Gasteiger partial charge in [-0.2, -0.15) is 0 Å². The number of benzene rings is 3. The maximum atomic E-state index is 13.2. The maximum Gasteiger partial charge on any atom is 0.255 e. The van der Waals surface area contributed by atoms with Crippen molar-refractivity contribution in [2.45, 2.75) is 31.2 Å². The molecule has 3 aliphatic rings. The Kier molecular flexibility index (Phi) is 4.34. The highest BCUT2D eigenvalue weighted by atomic mass is 19.1. The van der Waals surface area contributed by atoms with Crippen molar-refractivity contribution in [1.29, 1.82) is 0 Å². The Bertz CT molecular complexity index is 1130. The fourth-order valence-electron chi connectivity index (χ4n) is 6.35. The molecule has 2 fully saturated rings. The number of carbonyl (C=O) groups is 1. The molecule has 0 radical (unpaired) electrons. The number of hydrogen-bond acceptors (Lipinski definition) is 2. The molecular formula is C27H25FN2O. The van der Waals surface area contributed by atoms with E-state index in [1.54, 1.807) is 12.1 Å². The van der Waals surface area contributed by atoms with E-state index in [-0.39, 0.29) is 11.7 Å². The van der Waals surface area contributed by atoms with E-state index >= 15 is 0 Å². The Labute approximate surface area is 181 Å². The highest BCUT2D eigenvalue weighted by molar-refractivity contribution is 6.04. The van der Waals surface area contributed by atoms with E-state index in [0.29, 0.717) is 35.0 Å². The summed E-state index contributed by atoms with van der Waals surface area (Å²) in [6, 6.07) is 23.0. The van der Waals surface area contributed by atoms with Gasteiger partial charge in [0.05, 0.1) is 6.04 Å². The van der Waals surface area contributed by atoms with Gasteiger partial charge < -0.3 is 10.6 Å². The van der Waals surface area contributed by atoms with Gasteiger partial charge in [0.1, 0.15) is 5.82 Å². The third kappa shape index (κ3) is 3.13. The Hall–Kier alpha value is -3.14. The number of carbonyl (C=O) groups excluding carboxylic acids is 1. The molecule has 0 aromatic heterocycles. The molecular weight excluding hydrogens is 387 g/mol. The van der Waals surface area contributed by atoms with E-state index in [0.717, 1.165) is 11.6 Å². The number of fused-ring (bicyclic) bond motifs is 7. The van der Waals surface area contributed by atoms with Crippen LogP contribution in [0.15, 0.2) is 72.8 Å². The van der Waals surface area contributed by atoms with Crippen LogP contribution in [-0.4, -0.2) is 5.91 Å². The van der Waals surface area contributed by atoms with Gasteiger partial charge in [-0.1, -0.05) is 30.3 Å². The molecule has 2 saturated carbocycles. The van der Waals surface area contributed by atoms with Crippen LogP contribution in [0.5, 0.6) is 0 Å². The molecule has 2 aliphatic carbocycles. The lowest BCUT2D eigenvalue weighted by molar-refractivity contribution is 0.102. The van der Waals surface area contributed by atoms with Crippen LogP contribution in [0, 0.1) is 23.6 Å². The largest absolute Gasteiger partial charge is 0.378 e. The van der Waals surface area contributed by atoms with Crippen molar-refractivity contribution in [3.05, 3.63) is 95.3 Å². The molecule has 1 heterocycles. The second kappa shape index (κ2) is 7.23. The molecule has 156 valence electrons. The molecule has 0 unspecified atom stereocenters. The number of amides is 1. The first-order valence-corrected chi connectivity index (χ1v) is 11.2. The third-order valence-electron chi connectivity index (χ3n) is 7.61. The highest BCUT2D eigenvalue weighted by Crippen LogP contribution is 2.63. The van der Waals surface area contributed by atoms with E-state index in [1.807, 2.05) is 6.07 Å². The topological polar surface area (TPSA) is 41.1 Å². The number of rotatable bonds is 3. The summed E-state index contributed by atoms with van der Waals surface area (Å²) in [5, 5.41) is 6.71. The number of halogens is 1. The van der Waals surface area contributed by atoms with Gasteiger partial charge in [0.25, 0.3) is 5.91 Å². The molecule has 3 nitrogen and oxygen atoms in total. The van der Waals surface area contributed by atoms with Gasteiger partial charge in [-0.3, -0.25) is 4.79 Å². The summed E-state index contributed by atoms with van der Waals surface area (Å²) in [6.07, 6.45) is 3.90. The summed E-state index contributed by atoms with van der Waals surface area (Å²) in [7, 11) is 0. The van der Waals surface area contributed by atoms with E-state index < -0.39 is 0 Å². The average Bonchev–Trinajstić information content (AvgIpc) is 3.43. The quantitative estimate of drug-likeness (QED) is 0.524. The van der Waals surface area contributed by atoms with Crippen molar-refractivity contribution < 1.29 is 9.18 Å². The number of nitrogens with one attached hydrogen (secondary N) is 2. The second-order valence-electron chi connectivity index (χ2n) is 9.23. The predicted molar refractivity (Wildman–Crippen MR) is 121 cm³/mol. The summed E-state index contributed by atoms with van der Waals surface area (Å²) in [5.74, 6) is 2.06. The molecule has 2 bridgehead atoms. The van der Waals surface area contributed by atoms with Crippen LogP contribution in [-0.2, 0) is 0 Å². The lowest BCUT2D eigenvalue weighted by atomic mass is 9.68. The van der Waals surface area contributed by atoms with Crippen molar-refractivity contribution >= 4 is 17.3 Å². The van der Waals surface area contributed by atoms with Gasteiger partial charge >= 0.3 is 0 Å². The minimum Gasteiger partial charge on any atom is -0.378 e. The van der Waals surface area contributed by atoms with Gasteiger partial charge in [0.15, 0.2) is 0 Å². The summed E-state index contributed by atoms with van der Waals surface area (Å²) in [6.45, 7) is 0. The summed E-state index contributed by atoms with van der Waals surface area (Å²) < 4.78 is 13.2. The SMILES string of the molecule is O=C(Nc1ccc(F)cc1)c1ccc2c(c1)[C@@H]1[C@H]3CC[C@@H](C3)[C@H]1[C@H](c1ccccc1)N2. The average molecular weight is 413 g/mol. The third-order valence-corrected chi connectivity index (χ3v) is 7.61. The summed E-state index contributed by atoms with van der Waals surface area (Å²) >= 11 is 0. The molecule has 5 atom stereocenters. The van der Waals surface area contributed by atoms with E-state index in [9.17, 15) is 9.18 Å². The van der Waals surface area contributed by atoms with E-state index in [4.69, 9.17) is 0 Å². The van der Waals surface area contributed by atoms with Gasteiger partial charge in [0.2, 0.25) is 0 Å². The lowest BCUT2D eigenvalue weighted by Gasteiger charge is -2.43. The van der Waals surface area contributed by atoms with Crippen molar-refractivity contribution in [3.63, 3.8) is 0 Å². The Morgan fingerprint density at radius 1 is 0.935 bits per heavy atom. The molecule has 31 heavy (non-hydrogen) atoms. The monoisotopic (exact) mass is 412 g/mol. The molecule has 2 N–H and O–H groups in total. The zero-order valence-electron chi connectivity index (χ0n) is 17.2. The molecule has 4 heteroatoms. The van der Waals surface area contributed by atoms with Gasteiger partial charge in [-0.25, -0.2) is 4.39 Å². The first-order valence-electron chi connectivity index (χ1n) is 11.2. The summed E-state index contributed by atoms with van der Waals surface area (Å²) in [4.78, 5) is 12.9. The number of hydrogen-bond donors (Lipinski definition) is 2. The fraction of sp³-hybridized carbons (Fsp3) is 0.296. The van der Waals surface area contributed by atoms with Gasteiger partial charge in [0, 0.05) is 16.9 Å². The standard InChI is InChI=1S/C27H25FN2O/c28-20-9-11-21(12-10-20)29-27(31)19-8-13-23-22(15-19)24-17-6-7-18(14-17)25(24)26(30-23)16-4-2-1-3-5-16/h1-5,8-13,15,17-18,24-26,30H,6-7,14H2,(H,29,31)/t17-,18-,24-,25+,26-/m0/s1. The molecule has 1 aliphatic heterocycles. The van der Waals surface area contributed by atoms with Crippen molar-refractivity contribution in [2.75, 3.05) is 10.6 Å². The molecule has 0 saturated heterocycles. The van der Waals surface area contributed by atoms with Crippen LogP contribution >= 0.6 is 0 Å². The van der Waals surface area contributed by atoms with Crippen molar-refractivity contribution in [3.8, 4) is 0 Å².